The lowest BCUT2D eigenvalue weighted by Crippen LogP contribution is -2.66. The minimum Gasteiger partial charge on any atom is -0.479 e. The number of hydrogen-bond donors (Lipinski definition) is 3. The summed E-state index contributed by atoms with van der Waals surface area (Å²) in [7, 11) is 0. The summed E-state index contributed by atoms with van der Waals surface area (Å²) >= 11 is 0. The lowest BCUT2D eigenvalue weighted by Gasteiger charge is -2.39. The Morgan fingerprint density at radius 2 is 1.40 bits per heavy atom. The Labute approximate surface area is 246 Å². The molecule has 8 heteroatoms. The van der Waals surface area contributed by atoms with E-state index in [1.54, 1.807) is 0 Å². The fourth-order valence-corrected chi connectivity index (χ4v) is 6.93. The fourth-order valence-electron chi connectivity index (χ4n) is 6.93. The van der Waals surface area contributed by atoms with E-state index in [-0.39, 0.29) is 19.1 Å². The van der Waals surface area contributed by atoms with Crippen LogP contribution in [0.2, 0.25) is 0 Å². The number of alkyl carbamates (subject to hydrolysis) is 1. The van der Waals surface area contributed by atoms with Crippen molar-refractivity contribution in [2.45, 2.75) is 62.1 Å². The number of carbonyl (C=O) groups excluding carboxylic acids is 2. The van der Waals surface area contributed by atoms with E-state index < -0.39 is 29.0 Å². The summed E-state index contributed by atoms with van der Waals surface area (Å²) in [5, 5.41) is 16.1. The van der Waals surface area contributed by atoms with E-state index in [4.69, 9.17) is 4.74 Å². The molecule has 6 rings (SSSR count). The van der Waals surface area contributed by atoms with Crippen molar-refractivity contribution in [1.82, 2.24) is 15.5 Å². The number of ether oxygens (including phenoxy) is 1. The summed E-state index contributed by atoms with van der Waals surface area (Å²) in [4.78, 5) is 41.8. The van der Waals surface area contributed by atoms with Gasteiger partial charge in [0.1, 0.15) is 12.1 Å². The normalized spacial score (nSPS) is 21.2. The van der Waals surface area contributed by atoms with Crippen LogP contribution in [0.3, 0.4) is 0 Å². The Balaban J connectivity index is 1.14. The van der Waals surface area contributed by atoms with Crippen molar-refractivity contribution in [3.63, 3.8) is 0 Å². The number of carboxylic acids is 1. The third-order valence-corrected chi connectivity index (χ3v) is 9.19. The molecule has 0 spiro atoms. The number of rotatable bonds is 8. The highest BCUT2D eigenvalue weighted by Crippen LogP contribution is 2.44. The summed E-state index contributed by atoms with van der Waals surface area (Å²) in [6.45, 7) is 1.50. The van der Waals surface area contributed by atoms with Gasteiger partial charge in [0.05, 0.1) is 0 Å². The Hall–Kier alpha value is -4.17. The standard InChI is InChI=1S/C34H37N3O5/c38-30(35-34(31(39)40)19-20-37(23-34)21-24-11-3-1-4-12-24)33(17-9-2-10-18-33)36-32(41)42-22-29-27-15-7-5-13-25(27)26-14-6-8-16-28(26)29/h1,3-8,11-16,29H,2,9-10,17-23H2,(H,35,38)(H,36,41)(H,39,40). The largest absolute Gasteiger partial charge is 0.479 e. The molecule has 1 unspecified atom stereocenters. The van der Waals surface area contributed by atoms with E-state index >= 15 is 0 Å². The van der Waals surface area contributed by atoms with Crippen molar-refractivity contribution in [3.8, 4) is 11.1 Å². The van der Waals surface area contributed by atoms with Crippen LogP contribution in [-0.4, -0.2) is 58.8 Å². The highest BCUT2D eigenvalue weighted by Gasteiger charge is 2.50. The summed E-state index contributed by atoms with van der Waals surface area (Å²) in [6, 6.07) is 26.2. The molecule has 2 aliphatic carbocycles. The molecule has 3 aliphatic rings. The van der Waals surface area contributed by atoms with Gasteiger partial charge >= 0.3 is 12.1 Å². The molecule has 2 fully saturated rings. The van der Waals surface area contributed by atoms with Crippen molar-refractivity contribution in [2.24, 2.45) is 0 Å². The number of amides is 2. The number of nitrogens with zero attached hydrogens (tertiary/aromatic N) is 1. The SMILES string of the molecule is O=C(NC1(C(=O)NC2(C(=O)O)CCN(Cc3ccccc3)C2)CCCCC1)OCC1c2ccccc2-c2ccccc21. The Morgan fingerprint density at radius 1 is 0.786 bits per heavy atom. The molecule has 1 heterocycles. The average Bonchev–Trinajstić information content (AvgIpc) is 3.56. The Kier molecular flexibility index (Phi) is 7.73. The lowest BCUT2D eigenvalue weighted by atomic mass is 9.80. The maximum absolute atomic E-state index is 13.9. The first-order valence-corrected chi connectivity index (χ1v) is 14.8. The Bertz CT molecular complexity index is 1420. The van der Waals surface area contributed by atoms with Crippen molar-refractivity contribution >= 4 is 18.0 Å². The molecule has 3 N–H and O–H groups in total. The zero-order valence-electron chi connectivity index (χ0n) is 23.7. The van der Waals surface area contributed by atoms with Crippen LogP contribution in [0.4, 0.5) is 4.79 Å². The van der Waals surface area contributed by atoms with Crippen LogP contribution in [0.25, 0.3) is 11.1 Å². The topological polar surface area (TPSA) is 108 Å². The van der Waals surface area contributed by atoms with Gasteiger partial charge < -0.3 is 20.5 Å². The molecule has 2 amide bonds. The summed E-state index contributed by atoms with van der Waals surface area (Å²) in [5.41, 5.74) is 2.97. The highest BCUT2D eigenvalue weighted by molar-refractivity contribution is 5.94. The molecule has 42 heavy (non-hydrogen) atoms. The Morgan fingerprint density at radius 3 is 2.05 bits per heavy atom. The van der Waals surface area contributed by atoms with Gasteiger partial charge in [0.2, 0.25) is 5.91 Å². The number of aliphatic carboxylic acids is 1. The third-order valence-electron chi connectivity index (χ3n) is 9.19. The first-order chi connectivity index (χ1) is 20.4. The van der Waals surface area contributed by atoms with E-state index in [0.717, 1.165) is 47.1 Å². The zero-order chi connectivity index (χ0) is 29.2. The van der Waals surface area contributed by atoms with Gasteiger partial charge in [-0.25, -0.2) is 9.59 Å². The maximum Gasteiger partial charge on any atom is 0.408 e. The van der Waals surface area contributed by atoms with Crippen LogP contribution < -0.4 is 10.6 Å². The monoisotopic (exact) mass is 567 g/mol. The summed E-state index contributed by atoms with van der Waals surface area (Å²) in [5.74, 6) is -1.60. The number of fused-ring (bicyclic) bond motifs is 3. The second-order valence-corrected chi connectivity index (χ2v) is 11.9. The molecule has 3 aromatic carbocycles. The van der Waals surface area contributed by atoms with Gasteiger partial charge in [0.15, 0.2) is 5.54 Å². The molecule has 8 nitrogen and oxygen atoms in total. The van der Waals surface area contributed by atoms with Crippen molar-refractivity contribution < 1.29 is 24.2 Å². The van der Waals surface area contributed by atoms with Gasteiger partial charge in [-0.1, -0.05) is 98.1 Å². The second-order valence-electron chi connectivity index (χ2n) is 11.9. The van der Waals surface area contributed by atoms with Gasteiger partial charge in [-0.3, -0.25) is 9.69 Å². The maximum atomic E-state index is 13.9. The molecular weight excluding hydrogens is 530 g/mol. The van der Waals surface area contributed by atoms with Gasteiger partial charge in [-0.2, -0.15) is 0 Å². The fraction of sp³-hybridized carbons (Fsp3) is 0.382. The number of carbonyl (C=O) groups is 3. The van der Waals surface area contributed by atoms with Crippen molar-refractivity contribution in [3.05, 3.63) is 95.6 Å². The molecule has 1 saturated carbocycles. The second kappa shape index (κ2) is 11.6. The number of likely N-dealkylation sites (tertiary alicyclic amines) is 1. The predicted octanol–water partition coefficient (Wildman–Crippen LogP) is 5.07. The average molecular weight is 568 g/mol. The van der Waals surface area contributed by atoms with Gasteiger partial charge in [-0.05, 0) is 47.1 Å². The highest BCUT2D eigenvalue weighted by atomic mass is 16.5. The van der Waals surface area contributed by atoms with Crippen molar-refractivity contribution in [1.29, 1.82) is 0 Å². The molecule has 1 aliphatic heterocycles. The van der Waals surface area contributed by atoms with Crippen LogP contribution in [0.1, 0.15) is 61.1 Å². The number of hydrogen-bond acceptors (Lipinski definition) is 5. The minimum atomic E-state index is -1.42. The third kappa shape index (κ3) is 5.39. The van der Waals surface area contributed by atoms with E-state index in [0.29, 0.717) is 32.4 Å². The molecule has 0 radical (unpaired) electrons. The molecule has 1 saturated heterocycles. The van der Waals surface area contributed by atoms with Gasteiger partial charge in [-0.15, -0.1) is 0 Å². The zero-order valence-corrected chi connectivity index (χ0v) is 23.7. The smallest absolute Gasteiger partial charge is 0.408 e. The first kappa shape index (κ1) is 28.0. The molecule has 0 aromatic heterocycles. The van der Waals surface area contributed by atoms with E-state index in [1.165, 1.54) is 0 Å². The quantitative estimate of drug-likeness (QED) is 0.351. The summed E-state index contributed by atoms with van der Waals surface area (Å²) < 4.78 is 5.79. The predicted molar refractivity (Wildman–Crippen MR) is 159 cm³/mol. The molecule has 218 valence electrons. The van der Waals surface area contributed by atoms with Crippen LogP contribution in [0.15, 0.2) is 78.9 Å². The molecule has 0 bridgehead atoms. The van der Waals surface area contributed by atoms with E-state index in [2.05, 4.69) is 39.8 Å². The molecule has 1 atom stereocenters. The van der Waals surface area contributed by atoms with Gasteiger partial charge in [0, 0.05) is 25.6 Å². The number of benzene rings is 3. The lowest BCUT2D eigenvalue weighted by molar-refractivity contribution is -0.148. The van der Waals surface area contributed by atoms with Crippen LogP contribution >= 0.6 is 0 Å². The summed E-state index contributed by atoms with van der Waals surface area (Å²) in [6.07, 6.45) is 2.99. The minimum absolute atomic E-state index is 0.0938. The number of carboxylic acid groups (broad SMARTS) is 1. The first-order valence-electron chi connectivity index (χ1n) is 14.8. The van der Waals surface area contributed by atoms with E-state index in [9.17, 15) is 19.5 Å². The molecule has 3 aromatic rings. The van der Waals surface area contributed by atoms with Crippen LogP contribution in [0.5, 0.6) is 0 Å². The molecular formula is C34H37N3O5. The van der Waals surface area contributed by atoms with Crippen LogP contribution in [-0.2, 0) is 20.9 Å². The van der Waals surface area contributed by atoms with Crippen LogP contribution in [0, 0.1) is 0 Å². The van der Waals surface area contributed by atoms with Crippen molar-refractivity contribution in [2.75, 3.05) is 19.7 Å². The van der Waals surface area contributed by atoms with E-state index in [1.807, 2.05) is 54.6 Å². The van der Waals surface area contributed by atoms with Gasteiger partial charge in [0.25, 0.3) is 0 Å². The number of nitrogens with one attached hydrogen (secondary N) is 2.